The quantitative estimate of drug-likeness (QED) is 0.173. The van der Waals surface area contributed by atoms with Gasteiger partial charge in [-0.1, -0.05) is 67.5 Å². The van der Waals surface area contributed by atoms with E-state index in [-0.39, 0.29) is 12.2 Å². The van der Waals surface area contributed by atoms with E-state index in [0.29, 0.717) is 56.0 Å². The average molecular weight is 673 g/mol. The lowest BCUT2D eigenvalue weighted by Gasteiger charge is -2.26. The van der Waals surface area contributed by atoms with Crippen molar-refractivity contribution in [2.45, 2.75) is 98.2 Å². The molecule has 0 unspecified atom stereocenters. The molecule has 0 amide bonds. The number of methoxy groups -OCH3 is 1. The van der Waals surface area contributed by atoms with Crippen molar-refractivity contribution in [2.75, 3.05) is 33.5 Å². The number of hydrogen-bond acceptors (Lipinski definition) is 9. The average Bonchev–Trinajstić information content (AvgIpc) is 3.06. The second kappa shape index (κ2) is 20.4. The number of ether oxygens (including phenoxy) is 5. The molecule has 0 saturated carbocycles. The van der Waals surface area contributed by atoms with Crippen molar-refractivity contribution in [1.82, 2.24) is 19.9 Å². The van der Waals surface area contributed by atoms with E-state index in [4.69, 9.17) is 23.7 Å². The smallest absolute Gasteiger partial charge is 0.213 e. The molecule has 0 aliphatic carbocycles. The zero-order valence-electron chi connectivity index (χ0n) is 31.1. The molecule has 6 heterocycles. The molecule has 0 radical (unpaired) electrons. The van der Waals surface area contributed by atoms with Crippen molar-refractivity contribution in [1.29, 1.82) is 0 Å². The summed E-state index contributed by atoms with van der Waals surface area (Å²) in [6, 6.07) is 12.2. The van der Waals surface area contributed by atoms with Crippen LogP contribution in [-0.4, -0.2) is 65.7 Å². The molecule has 9 nitrogen and oxygen atoms in total. The summed E-state index contributed by atoms with van der Waals surface area (Å²) in [4.78, 5) is 16.6. The fourth-order valence-electron chi connectivity index (χ4n) is 4.23. The third-order valence-corrected chi connectivity index (χ3v) is 7.87. The molecule has 49 heavy (non-hydrogen) atoms. The van der Waals surface area contributed by atoms with Crippen LogP contribution in [0.15, 0.2) is 73.6 Å². The minimum absolute atomic E-state index is 0.201. The number of aryl methyl sites for hydroxylation is 1. The van der Waals surface area contributed by atoms with Crippen molar-refractivity contribution in [2.24, 2.45) is 0 Å². The van der Waals surface area contributed by atoms with Crippen molar-refractivity contribution in [3.05, 3.63) is 102 Å². The Bertz CT molecular complexity index is 1490. The van der Waals surface area contributed by atoms with E-state index in [2.05, 4.69) is 99.6 Å². The van der Waals surface area contributed by atoms with E-state index in [1.54, 1.807) is 19.5 Å². The minimum atomic E-state index is 0.201. The molecule has 266 valence electrons. The molecule has 0 N–H and O–H groups in total. The van der Waals surface area contributed by atoms with Crippen LogP contribution in [0.25, 0.3) is 0 Å². The molecule has 4 aromatic rings. The van der Waals surface area contributed by atoms with Crippen molar-refractivity contribution >= 4 is 0 Å². The summed E-state index contributed by atoms with van der Waals surface area (Å²) in [6.45, 7) is 22.0. The van der Waals surface area contributed by atoms with Crippen LogP contribution >= 0.6 is 0 Å². The maximum absolute atomic E-state index is 5.65. The molecule has 2 aliphatic heterocycles. The van der Waals surface area contributed by atoms with Crippen molar-refractivity contribution in [3.8, 4) is 17.4 Å². The molecule has 9 heteroatoms. The Kier molecular flexibility index (Phi) is 16.4. The fourth-order valence-corrected chi connectivity index (χ4v) is 4.23. The van der Waals surface area contributed by atoms with Gasteiger partial charge in [-0.25, -0.2) is 4.98 Å². The fraction of sp³-hybridized carbons (Fsp3) is 0.500. The van der Waals surface area contributed by atoms with E-state index in [9.17, 15) is 0 Å². The van der Waals surface area contributed by atoms with Gasteiger partial charge in [0.2, 0.25) is 5.88 Å². The van der Waals surface area contributed by atoms with E-state index >= 15 is 0 Å². The highest BCUT2D eigenvalue weighted by molar-refractivity contribution is 5.26. The summed E-state index contributed by atoms with van der Waals surface area (Å²) in [5.41, 5.74) is 6.06. The lowest BCUT2D eigenvalue weighted by molar-refractivity contribution is -0.0813. The molecule has 0 aromatic carbocycles. The Morgan fingerprint density at radius 3 is 1.43 bits per heavy atom. The molecule has 4 aromatic heterocycles. The van der Waals surface area contributed by atoms with Gasteiger partial charge in [0.15, 0.2) is 0 Å². The molecule has 0 spiro atoms. The Morgan fingerprint density at radius 2 is 1.02 bits per heavy atom. The predicted molar refractivity (Wildman–Crippen MR) is 195 cm³/mol. The highest BCUT2D eigenvalue weighted by Crippen LogP contribution is 2.21. The molecule has 2 fully saturated rings. The first kappa shape index (κ1) is 39.4. The third-order valence-electron chi connectivity index (χ3n) is 7.87. The first-order valence-electron chi connectivity index (χ1n) is 17.3. The predicted octanol–water partition coefficient (Wildman–Crippen LogP) is 8.69. The molecular formula is C40H56N4O5. The zero-order chi connectivity index (χ0) is 35.8. The maximum Gasteiger partial charge on any atom is 0.213 e. The summed E-state index contributed by atoms with van der Waals surface area (Å²) in [5, 5.41) is 0. The highest BCUT2D eigenvalue weighted by Gasteiger charge is 2.21. The minimum Gasteiger partial charge on any atom is -0.495 e. The van der Waals surface area contributed by atoms with Gasteiger partial charge >= 0.3 is 0 Å². The van der Waals surface area contributed by atoms with Crippen LogP contribution in [0, 0.1) is 6.92 Å². The van der Waals surface area contributed by atoms with Crippen LogP contribution < -0.4 is 14.2 Å². The number of pyridine rings is 4. The lowest BCUT2D eigenvalue weighted by atomic mass is 10.1. The Balaban J connectivity index is 0.000000179. The molecular weight excluding hydrogens is 616 g/mol. The second-order valence-electron chi connectivity index (χ2n) is 13.4. The normalized spacial score (nSPS) is 14.0. The van der Waals surface area contributed by atoms with Gasteiger partial charge in [-0.15, -0.1) is 0 Å². The number of hydrogen-bond donors (Lipinski definition) is 0. The lowest BCUT2D eigenvalue weighted by Crippen LogP contribution is -2.38. The van der Waals surface area contributed by atoms with E-state index < -0.39 is 0 Å². The zero-order valence-corrected chi connectivity index (χ0v) is 31.1. The molecule has 2 saturated heterocycles. The van der Waals surface area contributed by atoms with Gasteiger partial charge < -0.3 is 23.7 Å². The van der Waals surface area contributed by atoms with Gasteiger partial charge in [-0.2, -0.15) is 0 Å². The maximum atomic E-state index is 5.65. The van der Waals surface area contributed by atoms with Crippen LogP contribution in [0.1, 0.15) is 107 Å². The topological polar surface area (TPSA) is 97.7 Å². The summed E-state index contributed by atoms with van der Waals surface area (Å²) in [7, 11) is 1.65. The van der Waals surface area contributed by atoms with Gasteiger partial charge in [0.05, 0.1) is 45.9 Å². The van der Waals surface area contributed by atoms with Crippen LogP contribution in [0.5, 0.6) is 17.4 Å². The Hall–Kier alpha value is -4.08. The van der Waals surface area contributed by atoms with Gasteiger partial charge in [-0.05, 0) is 71.0 Å². The highest BCUT2D eigenvalue weighted by atomic mass is 16.6. The molecule has 6 rings (SSSR count). The Labute approximate surface area is 293 Å². The van der Waals surface area contributed by atoms with E-state index in [0.717, 1.165) is 17.2 Å². The van der Waals surface area contributed by atoms with Gasteiger partial charge in [0.1, 0.15) is 23.7 Å². The van der Waals surface area contributed by atoms with E-state index in [1.807, 2.05) is 43.8 Å². The monoisotopic (exact) mass is 672 g/mol. The van der Waals surface area contributed by atoms with Crippen molar-refractivity contribution in [3.63, 3.8) is 0 Å². The van der Waals surface area contributed by atoms with E-state index in [1.165, 1.54) is 22.3 Å². The number of nitrogens with zero attached hydrogens (tertiary/aromatic N) is 4. The van der Waals surface area contributed by atoms with Gasteiger partial charge in [0.25, 0.3) is 0 Å². The third kappa shape index (κ3) is 14.1. The van der Waals surface area contributed by atoms with Crippen molar-refractivity contribution < 1.29 is 23.7 Å². The summed E-state index contributed by atoms with van der Waals surface area (Å²) in [6.07, 6.45) is 11.5. The first-order chi connectivity index (χ1) is 23.4. The summed E-state index contributed by atoms with van der Waals surface area (Å²) in [5.74, 6) is 4.49. The van der Waals surface area contributed by atoms with Crippen LogP contribution in [0.2, 0.25) is 0 Å². The Morgan fingerprint density at radius 1 is 0.551 bits per heavy atom. The number of rotatable bonds is 9. The molecule has 0 atom stereocenters. The van der Waals surface area contributed by atoms with Crippen LogP contribution in [0.4, 0.5) is 0 Å². The summed E-state index contributed by atoms with van der Waals surface area (Å²) < 4.78 is 26.3. The largest absolute Gasteiger partial charge is 0.495 e. The first-order valence-corrected chi connectivity index (χ1v) is 17.3. The second-order valence-corrected chi connectivity index (χ2v) is 13.4. The van der Waals surface area contributed by atoms with Gasteiger partial charge in [-0.3, -0.25) is 15.0 Å². The van der Waals surface area contributed by atoms with Gasteiger partial charge in [0, 0.05) is 36.5 Å². The van der Waals surface area contributed by atoms with Crippen LogP contribution in [-0.2, 0) is 9.47 Å². The summed E-state index contributed by atoms with van der Waals surface area (Å²) >= 11 is 0. The SMILES string of the molecule is CC(C)c1ccc(OC2COC2)nc1.CC(C)c1cncc(OC2COC2)c1.COc1cncc(C(C)C)c1.Cc1ccc(C(C)C)cn1. The van der Waals surface area contributed by atoms with Crippen LogP contribution in [0.3, 0.4) is 0 Å². The standard InChI is InChI=1S/2C11H15NO2.C9H13NO.C9H13N/c1-8(2)9-3-10(5-12-4-9)14-11-6-13-7-11;1-8(2)9-3-4-11(12-5-9)14-10-6-13-7-10;1-7(2)8-4-9(11-3)6-10-5-8;1-7(2)9-5-4-8(3)10-6-9/h3-5,8,11H,6-7H2,1-2H3;3-5,8,10H,6-7H2,1-2H3;4-7H,1-3H3;4-7H,1-3H3. The number of aromatic nitrogens is 4. The molecule has 0 bridgehead atoms. The molecule has 2 aliphatic rings.